The van der Waals surface area contributed by atoms with E-state index in [0.29, 0.717) is 18.1 Å². The number of rotatable bonds is 6. The van der Waals surface area contributed by atoms with Crippen LogP contribution in [-0.2, 0) is 10.3 Å². The van der Waals surface area contributed by atoms with Crippen LogP contribution in [-0.4, -0.2) is 21.8 Å². The number of hydrogen-bond acceptors (Lipinski definition) is 5. The van der Waals surface area contributed by atoms with E-state index in [0.717, 1.165) is 25.0 Å². The molecule has 0 unspecified atom stereocenters. The van der Waals surface area contributed by atoms with Crippen molar-refractivity contribution >= 4 is 17.7 Å². The molecule has 1 saturated carbocycles. The monoisotopic (exact) mass is 331 g/mol. The van der Waals surface area contributed by atoms with Crippen molar-refractivity contribution in [1.82, 2.24) is 15.5 Å². The number of carbonyl (C=O) groups excluding carboxylic acids is 1. The molecule has 1 aliphatic carbocycles. The Balaban J connectivity index is 1.51. The molecule has 1 N–H and O–H groups in total. The summed E-state index contributed by atoms with van der Waals surface area (Å²) in [6.07, 6.45) is 3.31. The molecule has 5 nitrogen and oxygen atoms in total. The zero-order valence-corrected chi connectivity index (χ0v) is 14.3. The molecule has 0 aliphatic heterocycles. The van der Waals surface area contributed by atoms with E-state index in [1.807, 2.05) is 0 Å². The van der Waals surface area contributed by atoms with Crippen LogP contribution in [0.5, 0.6) is 0 Å². The Hall–Kier alpha value is -1.82. The number of hydrogen-bond donors (Lipinski definition) is 1. The second-order valence-corrected chi connectivity index (χ2v) is 7.20. The van der Waals surface area contributed by atoms with Crippen molar-refractivity contribution in [3.8, 4) is 0 Å². The van der Waals surface area contributed by atoms with Crippen LogP contribution in [0.2, 0.25) is 0 Å². The van der Waals surface area contributed by atoms with Gasteiger partial charge in [-0.05, 0) is 38.3 Å². The number of nitrogens with zero attached hydrogens (tertiary/aromatic N) is 2. The molecule has 1 aromatic carbocycles. The highest BCUT2D eigenvalue weighted by molar-refractivity contribution is 7.99. The van der Waals surface area contributed by atoms with Gasteiger partial charge in [0.15, 0.2) is 5.82 Å². The number of amides is 1. The van der Waals surface area contributed by atoms with E-state index in [1.165, 1.54) is 10.5 Å². The lowest BCUT2D eigenvalue weighted by Crippen LogP contribution is -2.51. The molecule has 1 heterocycles. The van der Waals surface area contributed by atoms with Crippen molar-refractivity contribution in [3.05, 3.63) is 41.5 Å². The Bertz CT molecular complexity index is 677. The third-order valence-corrected chi connectivity index (χ3v) is 5.17. The van der Waals surface area contributed by atoms with Gasteiger partial charge in [-0.2, -0.15) is 4.98 Å². The number of carbonyl (C=O) groups is 1. The summed E-state index contributed by atoms with van der Waals surface area (Å²) in [5, 5.41) is 7.11. The normalized spacial score (nSPS) is 15.9. The molecule has 0 bridgehead atoms. The molecule has 2 aromatic rings. The Morgan fingerprint density at radius 2 is 2.04 bits per heavy atom. The maximum Gasteiger partial charge on any atom is 0.223 e. The number of thioether (sulfide) groups is 1. The fourth-order valence-electron chi connectivity index (χ4n) is 2.65. The quantitative estimate of drug-likeness (QED) is 0.822. The smallest absolute Gasteiger partial charge is 0.223 e. The van der Waals surface area contributed by atoms with Crippen molar-refractivity contribution in [2.45, 2.75) is 50.0 Å². The molecule has 0 radical (unpaired) electrons. The zero-order valence-electron chi connectivity index (χ0n) is 13.5. The van der Waals surface area contributed by atoms with Gasteiger partial charge in [-0.3, -0.25) is 4.79 Å². The van der Waals surface area contributed by atoms with Crippen LogP contribution in [0.1, 0.15) is 43.0 Å². The first kappa shape index (κ1) is 16.1. The van der Waals surface area contributed by atoms with E-state index in [2.05, 4.69) is 46.6 Å². The van der Waals surface area contributed by atoms with Gasteiger partial charge in [-0.1, -0.05) is 22.9 Å². The van der Waals surface area contributed by atoms with Gasteiger partial charge < -0.3 is 9.84 Å². The van der Waals surface area contributed by atoms with Gasteiger partial charge in [0.05, 0.1) is 0 Å². The zero-order chi connectivity index (χ0) is 16.3. The topological polar surface area (TPSA) is 68.0 Å². The van der Waals surface area contributed by atoms with E-state index in [-0.39, 0.29) is 5.91 Å². The van der Waals surface area contributed by atoms with Crippen molar-refractivity contribution < 1.29 is 9.32 Å². The minimum atomic E-state index is -0.413. The molecular formula is C17H21N3O2S. The Labute approximate surface area is 140 Å². The first-order valence-electron chi connectivity index (χ1n) is 7.89. The number of nitrogens with one attached hydrogen (secondary N) is 1. The predicted octanol–water partition coefficient (Wildman–Crippen LogP) is 3.36. The van der Waals surface area contributed by atoms with Crippen molar-refractivity contribution in [2.75, 3.05) is 5.75 Å². The second-order valence-electron chi connectivity index (χ2n) is 6.03. The molecule has 1 fully saturated rings. The summed E-state index contributed by atoms with van der Waals surface area (Å²) in [6.45, 7) is 3.84. The summed E-state index contributed by atoms with van der Waals surface area (Å²) < 4.78 is 5.06. The maximum atomic E-state index is 12.3. The van der Waals surface area contributed by atoms with Crippen molar-refractivity contribution in [1.29, 1.82) is 0 Å². The van der Waals surface area contributed by atoms with Crippen LogP contribution >= 0.6 is 11.8 Å². The average Bonchev–Trinajstić information content (AvgIpc) is 2.92. The molecular weight excluding hydrogens is 310 g/mol. The lowest BCUT2D eigenvalue weighted by Gasteiger charge is -2.39. The van der Waals surface area contributed by atoms with Crippen LogP contribution in [0.15, 0.2) is 33.7 Å². The van der Waals surface area contributed by atoms with Gasteiger partial charge >= 0.3 is 0 Å². The van der Waals surface area contributed by atoms with Gasteiger partial charge in [0.25, 0.3) is 0 Å². The van der Waals surface area contributed by atoms with Gasteiger partial charge in [0.2, 0.25) is 11.8 Å². The summed E-state index contributed by atoms with van der Waals surface area (Å²) in [5.74, 6) is 1.96. The summed E-state index contributed by atoms with van der Waals surface area (Å²) in [4.78, 5) is 17.8. The second kappa shape index (κ2) is 6.74. The van der Waals surface area contributed by atoms with Crippen LogP contribution in [0.25, 0.3) is 0 Å². The molecule has 0 atom stereocenters. The summed E-state index contributed by atoms with van der Waals surface area (Å²) in [7, 11) is 0. The van der Waals surface area contributed by atoms with Gasteiger partial charge in [-0.15, -0.1) is 11.8 Å². The average molecular weight is 331 g/mol. The van der Waals surface area contributed by atoms with Crippen LogP contribution in [0, 0.1) is 13.8 Å². The summed E-state index contributed by atoms with van der Waals surface area (Å²) >= 11 is 1.70. The molecule has 1 aromatic heterocycles. The Kier molecular flexibility index (Phi) is 4.71. The lowest BCUT2D eigenvalue weighted by atomic mass is 9.76. The molecule has 0 spiro atoms. The van der Waals surface area contributed by atoms with Crippen molar-refractivity contribution in [2.24, 2.45) is 0 Å². The van der Waals surface area contributed by atoms with Crippen LogP contribution < -0.4 is 5.32 Å². The highest BCUT2D eigenvalue weighted by Gasteiger charge is 2.43. The minimum absolute atomic E-state index is 0.0479. The highest BCUT2D eigenvalue weighted by atomic mass is 32.2. The maximum absolute atomic E-state index is 12.3. The van der Waals surface area contributed by atoms with Gasteiger partial charge in [0, 0.05) is 24.0 Å². The molecule has 1 amide bonds. The fraction of sp³-hybridized carbons (Fsp3) is 0.471. The van der Waals surface area contributed by atoms with Gasteiger partial charge in [0.1, 0.15) is 5.54 Å². The van der Waals surface area contributed by atoms with Crippen molar-refractivity contribution in [3.63, 3.8) is 0 Å². The third-order valence-electron chi connectivity index (χ3n) is 4.16. The fourth-order valence-corrected chi connectivity index (χ4v) is 3.51. The molecule has 1 aliphatic rings. The Morgan fingerprint density at radius 3 is 2.61 bits per heavy atom. The first-order chi connectivity index (χ1) is 11.1. The lowest BCUT2D eigenvalue weighted by molar-refractivity contribution is -0.124. The summed E-state index contributed by atoms with van der Waals surface area (Å²) in [6, 6.07) is 8.36. The van der Waals surface area contributed by atoms with E-state index in [9.17, 15) is 4.79 Å². The molecule has 23 heavy (non-hydrogen) atoms. The van der Waals surface area contributed by atoms with E-state index in [4.69, 9.17) is 4.52 Å². The third kappa shape index (κ3) is 3.75. The SMILES string of the molecule is Cc1ccc(SCCC(=O)NC2(c3noc(C)n3)CCC2)cc1. The number of aromatic nitrogens is 2. The molecule has 0 saturated heterocycles. The van der Waals surface area contributed by atoms with Crippen LogP contribution in [0.4, 0.5) is 0 Å². The molecule has 3 rings (SSSR count). The predicted molar refractivity (Wildman–Crippen MR) is 89.2 cm³/mol. The molecule has 122 valence electrons. The van der Waals surface area contributed by atoms with Gasteiger partial charge in [-0.25, -0.2) is 0 Å². The minimum Gasteiger partial charge on any atom is -0.343 e. The molecule has 6 heteroatoms. The first-order valence-corrected chi connectivity index (χ1v) is 8.87. The standard InChI is InChI=1S/C17H21N3O2S/c1-12-4-6-14(7-5-12)23-11-8-15(21)19-17(9-3-10-17)16-18-13(2)22-20-16/h4-7H,3,8-11H2,1-2H3,(H,19,21). The van der Waals surface area contributed by atoms with E-state index >= 15 is 0 Å². The van der Waals surface area contributed by atoms with Crippen LogP contribution in [0.3, 0.4) is 0 Å². The number of benzene rings is 1. The van der Waals surface area contributed by atoms with E-state index in [1.54, 1.807) is 18.7 Å². The van der Waals surface area contributed by atoms with E-state index < -0.39 is 5.54 Å². The highest BCUT2D eigenvalue weighted by Crippen LogP contribution is 2.39. The Morgan fingerprint density at radius 1 is 1.30 bits per heavy atom. The largest absolute Gasteiger partial charge is 0.343 e. The summed E-state index contributed by atoms with van der Waals surface area (Å²) in [5.41, 5.74) is 0.832. The number of aryl methyl sites for hydroxylation is 2.